The molecule has 0 radical (unpaired) electrons. The molecule has 144 valence electrons. The third-order valence-electron chi connectivity index (χ3n) is 4.02. The zero-order valence-electron chi connectivity index (χ0n) is 14.8. The third kappa shape index (κ3) is 4.49. The zero-order valence-corrected chi connectivity index (χ0v) is 17.2. The van der Waals surface area contributed by atoms with Crippen LogP contribution in [0.2, 0.25) is 0 Å². The summed E-state index contributed by atoms with van der Waals surface area (Å²) in [7, 11) is 0. The number of benzene rings is 2. The lowest BCUT2D eigenvalue weighted by Gasteiger charge is -1.97. The van der Waals surface area contributed by atoms with Crippen LogP contribution in [-0.2, 0) is 4.79 Å². The van der Waals surface area contributed by atoms with Gasteiger partial charge in [0.15, 0.2) is 5.17 Å². The molecule has 0 atom stereocenters. The van der Waals surface area contributed by atoms with Crippen molar-refractivity contribution >= 4 is 56.5 Å². The quantitative estimate of drug-likeness (QED) is 0.506. The highest BCUT2D eigenvalue weighted by Crippen LogP contribution is 2.30. The van der Waals surface area contributed by atoms with Crippen LogP contribution in [0, 0.1) is 0 Å². The van der Waals surface area contributed by atoms with E-state index in [1.54, 1.807) is 24.3 Å². The summed E-state index contributed by atoms with van der Waals surface area (Å²) in [6, 6.07) is 17.5. The van der Waals surface area contributed by atoms with Crippen molar-refractivity contribution < 1.29 is 19.1 Å². The van der Waals surface area contributed by atoms with Crippen LogP contribution in [0.1, 0.15) is 16.1 Å². The molecule has 1 aliphatic rings. The van der Waals surface area contributed by atoms with E-state index < -0.39 is 5.97 Å². The van der Waals surface area contributed by atoms with E-state index >= 15 is 0 Å². The summed E-state index contributed by atoms with van der Waals surface area (Å²) < 4.78 is 6.81. The molecule has 4 rings (SSSR count). The molecule has 2 heterocycles. The molecule has 2 N–H and O–H groups in total. The van der Waals surface area contributed by atoms with Crippen LogP contribution in [0.3, 0.4) is 0 Å². The topological polar surface area (TPSA) is 91.9 Å². The van der Waals surface area contributed by atoms with Gasteiger partial charge in [0.1, 0.15) is 11.5 Å². The number of furan rings is 1. The molecule has 8 heteroatoms. The van der Waals surface area contributed by atoms with Gasteiger partial charge in [-0.05, 0) is 60.3 Å². The average Bonchev–Trinajstić information content (AvgIpc) is 3.30. The highest BCUT2D eigenvalue weighted by molar-refractivity contribution is 9.10. The van der Waals surface area contributed by atoms with E-state index in [2.05, 4.69) is 26.2 Å². The lowest BCUT2D eigenvalue weighted by molar-refractivity contribution is -0.115. The number of amides is 1. The Morgan fingerprint density at radius 3 is 2.48 bits per heavy atom. The molecule has 0 unspecified atom stereocenters. The molecule has 1 aromatic heterocycles. The summed E-state index contributed by atoms with van der Waals surface area (Å²) in [5.74, 6) is 0.00390. The summed E-state index contributed by atoms with van der Waals surface area (Å²) >= 11 is 4.60. The van der Waals surface area contributed by atoms with Gasteiger partial charge in [-0.3, -0.25) is 4.79 Å². The number of amidine groups is 1. The molecule has 3 aromatic rings. The molecule has 1 fully saturated rings. The summed E-state index contributed by atoms with van der Waals surface area (Å²) in [6.45, 7) is 0. The number of hydrogen-bond donors (Lipinski definition) is 2. The predicted molar refractivity (Wildman–Crippen MR) is 116 cm³/mol. The maximum absolute atomic E-state index is 12.2. The summed E-state index contributed by atoms with van der Waals surface area (Å²) in [4.78, 5) is 27.9. The largest absolute Gasteiger partial charge is 0.478 e. The van der Waals surface area contributed by atoms with Crippen LogP contribution < -0.4 is 5.32 Å². The Bertz CT molecular complexity index is 1150. The van der Waals surface area contributed by atoms with Gasteiger partial charge >= 0.3 is 5.97 Å². The molecule has 0 saturated carbocycles. The van der Waals surface area contributed by atoms with Crippen molar-refractivity contribution in [2.24, 2.45) is 4.99 Å². The van der Waals surface area contributed by atoms with Crippen LogP contribution in [0.15, 0.2) is 79.5 Å². The van der Waals surface area contributed by atoms with E-state index in [-0.39, 0.29) is 11.5 Å². The summed E-state index contributed by atoms with van der Waals surface area (Å²) in [6.07, 6.45) is 1.67. The molecular weight excluding hydrogens is 456 g/mol. The lowest BCUT2D eigenvalue weighted by atomic mass is 10.2. The van der Waals surface area contributed by atoms with Crippen molar-refractivity contribution in [3.05, 3.63) is 81.4 Å². The number of nitrogens with one attached hydrogen (secondary N) is 1. The van der Waals surface area contributed by atoms with E-state index in [4.69, 9.17) is 9.52 Å². The molecule has 1 aliphatic heterocycles. The molecule has 6 nitrogen and oxygen atoms in total. The minimum Gasteiger partial charge on any atom is -0.478 e. The van der Waals surface area contributed by atoms with Crippen molar-refractivity contribution in [3.8, 4) is 11.3 Å². The van der Waals surface area contributed by atoms with Crippen molar-refractivity contribution in [3.63, 3.8) is 0 Å². The van der Waals surface area contributed by atoms with E-state index in [0.717, 1.165) is 10.0 Å². The first-order valence-corrected chi connectivity index (χ1v) is 10.1. The van der Waals surface area contributed by atoms with Gasteiger partial charge in [0.25, 0.3) is 5.91 Å². The van der Waals surface area contributed by atoms with Gasteiger partial charge in [0, 0.05) is 16.1 Å². The highest BCUT2D eigenvalue weighted by atomic mass is 79.9. The van der Waals surface area contributed by atoms with Crippen molar-refractivity contribution in [2.75, 3.05) is 0 Å². The van der Waals surface area contributed by atoms with Crippen LogP contribution >= 0.6 is 27.7 Å². The first-order valence-electron chi connectivity index (χ1n) is 8.47. The Labute approximate surface area is 178 Å². The fourth-order valence-corrected chi connectivity index (χ4v) is 3.69. The lowest BCUT2D eigenvalue weighted by Crippen LogP contribution is -2.19. The van der Waals surface area contributed by atoms with Crippen molar-refractivity contribution in [2.45, 2.75) is 0 Å². The third-order valence-corrected chi connectivity index (χ3v) is 5.46. The molecule has 29 heavy (non-hydrogen) atoms. The van der Waals surface area contributed by atoms with E-state index in [0.29, 0.717) is 27.3 Å². The number of carboxylic acid groups (broad SMARTS) is 1. The van der Waals surface area contributed by atoms with E-state index in [1.165, 1.54) is 23.9 Å². The number of aromatic carboxylic acids is 1. The maximum atomic E-state index is 12.2. The number of hydrogen-bond acceptors (Lipinski definition) is 5. The van der Waals surface area contributed by atoms with Gasteiger partial charge in [0.2, 0.25) is 0 Å². The molecule has 0 spiro atoms. The number of carbonyl (C=O) groups excluding carboxylic acids is 1. The average molecular weight is 469 g/mol. The molecule has 2 aromatic carbocycles. The van der Waals surface area contributed by atoms with Gasteiger partial charge in [-0.1, -0.05) is 28.1 Å². The first-order chi connectivity index (χ1) is 14.0. The Morgan fingerprint density at radius 1 is 1.07 bits per heavy atom. The minimum absolute atomic E-state index is 0.178. The number of carbonyl (C=O) groups is 2. The summed E-state index contributed by atoms with van der Waals surface area (Å²) in [5, 5.41) is 12.1. The van der Waals surface area contributed by atoms with Gasteiger partial charge in [-0.25, -0.2) is 9.79 Å². The second kappa shape index (κ2) is 8.10. The SMILES string of the molecule is O=C1NC(=Nc2ccc(C(=O)O)cc2)S/C1=C/c1ccc(-c2ccc(Br)cc2)o1. The normalized spacial score (nSPS) is 16.4. The monoisotopic (exact) mass is 468 g/mol. The molecule has 1 amide bonds. The number of carboxylic acids is 1. The molecular formula is C21H13BrN2O4S. The van der Waals surface area contributed by atoms with Gasteiger partial charge in [-0.2, -0.15) is 0 Å². The number of aliphatic imine (C=N–C) groups is 1. The first kappa shape index (κ1) is 19.2. The Balaban J connectivity index is 1.51. The van der Waals surface area contributed by atoms with E-state index in [9.17, 15) is 9.59 Å². The van der Waals surface area contributed by atoms with Gasteiger partial charge < -0.3 is 14.8 Å². The second-order valence-corrected chi connectivity index (χ2v) is 7.99. The standard InChI is InChI=1S/C21H13BrN2O4S/c22-14-5-1-12(2-6-14)17-10-9-16(28-17)11-18-19(25)24-21(29-18)23-15-7-3-13(4-8-15)20(26)27/h1-11H,(H,26,27)(H,23,24,25)/b18-11+. The fourth-order valence-electron chi connectivity index (χ4n) is 2.61. The zero-order chi connectivity index (χ0) is 20.4. The molecule has 1 saturated heterocycles. The number of rotatable bonds is 4. The highest BCUT2D eigenvalue weighted by Gasteiger charge is 2.24. The fraction of sp³-hybridized carbons (Fsp3) is 0. The molecule has 0 aliphatic carbocycles. The van der Waals surface area contributed by atoms with E-state index in [1.807, 2.05) is 30.3 Å². The Kier molecular flexibility index (Phi) is 5.37. The van der Waals surface area contributed by atoms with Crippen molar-refractivity contribution in [1.29, 1.82) is 0 Å². The second-order valence-electron chi connectivity index (χ2n) is 6.04. The predicted octanol–water partition coefficient (Wildman–Crippen LogP) is 5.30. The number of halogens is 1. The smallest absolute Gasteiger partial charge is 0.335 e. The van der Waals surface area contributed by atoms with Gasteiger partial charge in [-0.15, -0.1) is 0 Å². The minimum atomic E-state index is -1.00. The van der Waals surface area contributed by atoms with Crippen molar-refractivity contribution in [1.82, 2.24) is 5.32 Å². The van der Waals surface area contributed by atoms with Crippen LogP contribution in [0.5, 0.6) is 0 Å². The van der Waals surface area contributed by atoms with Crippen LogP contribution in [-0.4, -0.2) is 22.2 Å². The van der Waals surface area contributed by atoms with Crippen LogP contribution in [0.4, 0.5) is 5.69 Å². The number of thioether (sulfide) groups is 1. The van der Waals surface area contributed by atoms with Gasteiger partial charge in [0.05, 0.1) is 16.2 Å². The summed E-state index contributed by atoms with van der Waals surface area (Å²) in [5.41, 5.74) is 1.67. The Morgan fingerprint density at radius 2 is 1.79 bits per heavy atom. The Hall–Kier alpha value is -3.10. The maximum Gasteiger partial charge on any atom is 0.335 e. The molecule has 0 bridgehead atoms. The number of nitrogens with zero attached hydrogens (tertiary/aromatic N) is 1. The van der Waals surface area contributed by atoms with Crippen LogP contribution in [0.25, 0.3) is 17.4 Å².